The van der Waals surface area contributed by atoms with Gasteiger partial charge < -0.3 is 10.4 Å². The Balaban J connectivity index is 2.33. The molecule has 2 rings (SSSR count). The number of nitrogens with zero attached hydrogens (tertiary/aromatic N) is 3. The average molecular weight is 306 g/mol. The molecule has 108 valence electrons. The molecule has 1 heterocycles. The van der Waals surface area contributed by atoms with Crippen molar-refractivity contribution in [2.24, 2.45) is 0 Å². The lowest BCUT2D eigenvalue weighted by atomic mass is 10.2. The van der Waals surface area contributed by atoms with Gasteiger partial charge in [0, 0.05) is 24.0 Å². The van der Waals surface area contributed by atoms with Crippen molar-refractivity contribution in [1.29, 1.82) is 0 Å². The number of hydrogen-bond donors (Lipinski definition) is 2. The summed E-state index contributed by atoms with van der Waals surface area (Å²) in [5, 5.41) is 22.9. The van der Waals surface area contributed by atoms with Crippen molar-refractivity contribution in [2.75, 3.05) is 11.6 Å². The molecule has 2 N–H and O–H groups in total. The van der Waals surface area contributed by atoms with E-state index in [0.717, 1.165) is 0 Å². The Kier molecular flexibility index (Phi) is 4.33. The highest BCUT2D eigenvalue weighted by Gasteiger charge is 2.14. The van der Waals surface area contributed by atoms with Gasteiger partial charge in [0.2, 0.25) is 0 Å². The van der Waals surface area contributed by atoms with Crippen LogP contribution >= 0.6 is 11.8 Å². The van der Waals surface area contributed by atoms with Crippen molar-refractivity contribution in [3.05, 3.63) is 46.1 Å². The number of carboxylic acid groups (broad SMARTS) is 1. The van der Waals surface area contributed by atoms with E-state index in [9.17, 15) is 14.9 Å². The van der Waals surface area contributed by atoms with Gasteiger partial charge in [-0.3, -0.25) is 10.1 Å². The zero-order valence-corrected chi connectivity index (χ0v) is 11.6. The molecule has 0 unspecified atom stereocenters. The fourth-order valence-electron chi connectivity index (χ4n) is 1.52. The number of thioether (sulfide) groups is 1. The number of hydrogen-bond acceptors (Lipinski definition) is 7. The minimum absolute atomic E-state index is 0.0495. The van der Waals surface area contributed by atoms with Crippen LogP contribution in [0.15, 0.2) is 35.6 Å². The molecule has 8 nitrogen and oxygen atoms in total. The smallest absolute Gasteiger partial charge is 0.341 e. The molecule has 1 aromatic carbocycles. The molecule has 0 fully saturated rings. The zero-order valence-electron chi connectivity index (χ0n) is 10.8. The van der Waals surface area contributed by atoms with Crippen LogP contribution < -0.4 is 5.32 Å². The highest BCUT2D eigenvalue weighted by Crippen LogP contribution is 2.22. The summed E-state index contributed by atoms with van der Waals surface area (Å²) in [6.45, 7) is 0. The lowest BCUT2D eigenvalue weighted by molar-refractivity contribution is -0.384. The minimum atomic E-state index is -1.16. The Hall–Kier alpha value is -2.68. The van der Waals surface area contributed by atoms with E-state index in [-0.39, 0.29) is 17.1 Å². The van der Waals surface area contributed by atoms with Crippen molar-refractivity contribution in [1.82, 2.24) is 9.97 Å². The highest BCUT2D eigenvalue weighted by molar-refractivity contribution is 7.98. The monoisotopic (exact) mass is 306 g/mol. The minimum Gasteiger partial charge on any atom is -0.477 e. The predicted molar refractivity (Wildman–Crippen MR) is 77.2 cm³/mol. The molecule has 0 aliphatic heterocycles. The second-order valence-electron chi connectivity index (χ2n) is 3.85. The zero-order chi connectivity index (χ0) is 15.4. The van der Waals surface area contributed by atoms with E-state index >= 15 is 0 Å². The number of nitro benzene ring substituents is 1. The van der Waals surface area contributed by atoms with Gasteiger partial charge in [-0.2, -0.15) is 0 Å². The Morgan fingerprint density at radius 3 is 2.57 bits per heavy atom. The fraction of sp³-hybridized carbons (Fsp3) is 0.0833. The molecule has 21 heavy (non-hydrogen) atoms. The lowest BCUT2D eigenvalue weighted by Gasteiger charge is -2.09. The second-order valence-corrected chi connectivity index (χ2v) is 4.63. The lowest BCUT2D eigenvalue weighted by Crippen LogP contribution is -2.07. The Bertz CT molecular complexity index is 690. The molecule has 0 radical (unpaired) electrons. The molecule has 0 aliphatic carbocycles. The van der Waals surface area contributed by atoms with E-state index in [4.69, 9.17) is 5.11 Å². The first-order valence-corrected chi connectivity index (χ1v) is 6.89. The molecule has 0 amide bonds. The van der Waals surface area contributed by atoms with Crippen LogP contribution in [0.2, 0.25) is 0 Å². The number of anilines is 2. The topological polar surface area (TPSA) is 118 Å². The number of nitro groups is 1. The van der Waals surface area contributed by atoms with Crippen molar-refractivity contribution in [2.45, 2.75) is 5.16 Å². The maximum atomic E-state index is 11.1. The summed E-state index contributed by atoms with van der Waals surface area (Å²) in [5.74, 6) is -1.03. The summed E-state index contributed by atoms with van der Waals surface area (Å²) < 4.78 is 0. The van der Waals surface area contributed by atoms with Gasteiger partial charge >= 0.3 is 5.97 Å². The van der Waals surface area contributed by atoms with Crippen LogP contribution in [-0.2, 0) is 0 Å². The van der Waals surface area contributed by atoms with Crippen LogP contribution in [0.1, 0.15) is 10.4 Å². The maximum absolute atomic E-state index is 11.1. The quantitative estimate of drug-likeness (QED) is 0.374. The molecule has 0 saturated heterocycles. The van der Waals surface area contributed by atoms with Crippen LogP contribution in [0, 0.1) is 10.1 Å². The number of nitrogens with one attached hydrogen (secondary N) is 1. The molecule has 0 saturated carbocycles. The van der Waals surface area contributed by atoms with Gasteiger partial charge in [-0.1, -0.05) is 11.8 Å². The molecule has 0 spiro atoms. The maximum Gasteiger partial charge on any atom is 0.341 e. The molecule has 1 aromatic heterocycles. The first-order valence-electron chi connectivity index (χ1n) is 5.67. The van der Waals surface area contributed by atoms with Gasteiger partial charge in [0.05, 0.1) is 4.92 Å². The third kappa shape index (κ3) is 3.45. The van der Waals surface area contributed by atoms with Gasteiger partial charge in [-0.05, 0) is 18.4 Å². The number of non-ortho nitro benzene ring substituents is 1. The standard InChI is InChI=1S/C12H10N4O4S/c1-21-12-13-6-9(11(17)18)10(15-12)14-7-2-4-8(5-3-7)16(19)20/h2-6H,1H3,(H,17,18)(H,13,14,15). The number of rotatable bonds is 5. The van der Waals surface area contributed by atoms with E-state index < -0.39 is 10.9 Å². The van der Waals surface area contributed by atoms with Crippen LogP contribution in [0.4, 0.5) is 17.2 Å². The summed E-state index contributed by atoms with van der Waals surface area (Å²) in [7, 11) is 0. The molecular weight excluding hydrogens is 296 g/mol. The largest absolute Gasteiger partial charge is 0.477 e. The van der Waals surface area contributed by atoms with Crippen LogP contribution in [0.3, 0.4) is 0 Å². The van der Waals surface area contributed by atoms with Crippen LogP contribution in [0.25, 0.3) is 0 Å². The summed E-state index contributed by atoms with van der Waals surface area (Å²) >= 11 is 1.28. The predicted octanol–water partition coefficient (Wildman–Crippen LogP) is 2.55. The van der Waals surface area contributed by atoms with Crippen LogP contribution in [-0.4, -0.2) is 32.2 Å². The summed E-state index contributed by atoms with van der Waals surface area (Å²) in [6, 6.07) is 5.59. The van der Waals surface area contributed by atoms with Crippen molar-refractivity contribution >= 4 is 34.9 Å². The summed E-state index contributed by atoms with van der Waals surface area (Å²) in [5.41, 5.74) is 0.367. The van der Waals surface area contributed by atoms with Gasteiger partial charge in [0.1, 0.15) is 11.4 Å². The van der Waals surface area contributed by atoms with Gasteiger partial charge in [-0.15, -0.1) is 0 Å². The highest BCUT2D eigenvalue weighted by atomic mass is 32.2. The van der Waals surface area contributed by atoms with Gasteiger partial charge in [-0.25, -0.2) is 14.8 Å². The Morgan fingerprint density at radius 1 is 1.38 bits per heavy atom. The second kappa shape index (κ2) is 6.18. The number of carbonyl (C=O) groups is 1. The summed E-state index contributed by atoms with van der Waals surface area (Å²) in [4.78, 5) is 29.2. The molecule has 0 atom stereocenters. The van der Waals surface area contributed by atoms with Crippen LogP contribution in [0.5, 0.6) is 0 Å². The fourth-order valence-corrected chi connectivity index (χ4v) is 1.86. The molecule has 0 aliphatic rings. The van der Waals surface area contributed by atoms with Crippen molar-refractivity contribution in [3.63, 3.8) is 0 Å². The molecule has 0 bridgehead atoms. The number of aromatic nitrogens is 2. The van der Waals surface area contributed by atoms with Crippen molar-refractivity contribution in [3.8, 4) is 0 Å². The number of aromatic carboxylic acids is 1. The summed E-state index contributed by atoms with van der Waals surface area (Å²) in [6.07, 6.45) is 2.99. The average Bonchev–Trinajstić information content (AvgIpc) is 2.47. The SMILES string of the molecule is CSc1ncc(C(=O)O)c(Nc2ccc([N+](=O)[O-])cc2)n1. The third-order valence-corrected chi connectivity index (χ3v) is 3.08. The molecule has 9 heteroatoms. The van der Waals surface area contributed by atoms with Gasteiger partial charge in [0.15, 0.2) is 5.16 Å². The number of carboxylic acids is 1. The van der Waals surface area contributed by atoms with Gasteiger partial charge in [0.25, 0.3) is 5.69 Å². The molecule has 2 aromatic rings. The first-order chi connectivity index (χ1) is 10.0. The van der Waals surface area contributed by atoms with E-state index in [2.05, 4.69) is 15.3 Å². The Labute approximate surface area is 123 Å². The van der Waals surface area contributed by atoms with E-state index in [1.54, 1.807) is 6.26 Å². The first kappa shape index (κ1) is 14.7. The van der Waals surface area contributed by atoms with E-state index in [1.165, 1.54) is 42.2 Å². The van der Waals surface area contributed by atoms with E-state index in [1.807, 2.05) is 0 Å². The third-order valence-electron chi connectivity index (χ3n) is 2.52. The van der Waals surface area contributed by atoms with Crippen molar-refractivity contribution < 1.29 is 14.8 Å². The van der Waals surface area contributed by atoms with E-state index in [0.29, 0.717) is 10.8 Å². The molecular formula is C12H10N4O4S. The normalized spacial score (nSPS) is 10.1. The number of benzene rings is 1. The Morgan fingerprint density at radius 2 is 2.05 bits per heavy atom.